The summed E-state index contributed by atoms with van der Waals surface area (Å²) in [6, 6.07) is 19.6. The maximum Gasteiger partial charge on any atom is 0.203 e. The van der Waals surface area contributed by atoms with Crippen LogP contribution in [0.3, 0.4) is 0 Å². The van der Waals surface area contributed by atoms with Crippen molar-refractivity contribution in [3.05, 3.63) is 82.9 Å². The molecule has 1 aliphatic carbocycles. The Morgan fingerprint density at radius 3 is 2.26 bits per heavy atom. The van der Waals surface area contributed by atoms with E-state index >= 15 is 0 Å². The summed E-state index contributed by atoms with van der Waals surface area (Å²) < 4.78 is 16.9. The van der Waals surface area contributed by atoms with Crippen molar-refractivity contribution in [2.24, 2.45) is 0 Å². The summed E-state index contributed by atoms with van der Waals surface area (Å²) in [6.45, 7) is 0. The number of Topliss-reactive ketones (excluding diaryl/α,β-unsaturated/α-hetero) is 1. The molecule has 6 heteroatoms. The number of rotatable bonds is 4. The summed E-state index contributed by atoms with van der Waals surface area (Å²) in [5.74, 6) is 1.68. The molecule has 156 valence electrons. The van der Waals surface area contributed by atoms with E-state index in [0.717, 1.165) is 27.4 Å². The molecule has 2 aliphatic rings. The fourth-order valence-electron chi connectivity index (χ4n) is 4.23. The first-order chi connectivity index (χ1) is 15.2. The Balaban J connectivity index is 1.77. The maximum absolute atomic E-state index is 13.6. The van der Waals surface area contributed by atoms with Crippen LogP contribution in [-0.2, 0) is 0 Å². The molecule has 1 aliphatic heterocycles. The third-order valence-corrected chi connectivity index (χ3v) is 6.96. The SMILES string of the molecule is COc1ccc([C@H]2Sc3ccccc3NC3=C2C(=O)c2ccccc23)c(OC)c1OC. The first-order valence-electron chi connectivity index (χ1n) is 9.87. The zero-order valence-corrected chi connectivity index (χ0v) is 18.2. The van der Waals surface area contributed by atoms with Gasteiger partial charge in [-0.15, -0.1) is 11.8 Å². The lowest BCUT2D eigenvalue weighted by molar-refractivity contribution is 0.103. The molecule has 5 rings (SSSR count). The standard InChI is InChI=1S/C25H21NO4S/c1-28-18-13-12-16(23(29-2)24(18)30-3)25-20-21(14-8-4-5-9-15(14)22(20)27)26-17-10-6-7-11-19(17)31-25/h4-13,25-26H,1-3H3/t25-/m1/s1. The van der Waals surface area contributed by atoms with Crippen molar-refractivity contribution in [1.29, 1.82) is 0 Å². The highest BCUT2D eigenvalue weighted by Crippen LogP contribution is 2.56. The Hall–Kier alpha value is -3.38. The minimum atomic E-state index is -0.291. The van der Waals surface area contributed by atoms with E-state index in [0.29, 0.717) is 28.4 Å². The molecular weight excluding hydrogens is 410 g/mol. The third kappa shape index (κ3) is 2.98. The summed E-state index contributed by atoms with van der Waals surface area (Å²) in [6.07, 6.45) is 0. The lowest BCUT2D eigenvalue weighted by atomic mass is 9.99. The number of nitrogens with one attached hydrogen (secondary N) is 1. The molecule has 3 aromatic rings. The van der Waals surface area contributed by atoms with Crippen molar-refractivity contribution < 1.29 is 19.0 Å². The van der Waals surface area contributed by atoms with E-state index in [2.05, 4.69) is 11.4 Å². The first-order valence-corrected chi connectivity index (χ1v) is 10.8. The summed E-state index contributed by atoms with van der Waals surface area (Å²) in [4.78, 5) is 14.6. The lowest BCUT2D eigenvalue weighted by Crippen LogP contribution is -2.09. The van der Waals surface area contributed by atoms with Crippen LogP contribution in [0.1, 0.15) is 26.7 Å². The molecule has 0 saturated carbocycles. The number of fused-ring (bicyclic) bond motifs is 3. The summed E-state index contributed by atoms with van der Waals surface area (Å²) in [7, 11) is 4.78. The monoisotopic (exact) mass is 431 g/mol. The molecule has 0 spiro atoms. The Kier molecular flexibility index (Phi) is 4.87. The Labute approximate surface area is 185 Å². The van der Waals surface area contributed by atoms with Crippen LogP contribution in [0.15, 0.2) is 71.1 Å². The highest BCUT2D eigenvalue weighted by molar-refractivity contribution is 8.00. The van der Waals surface area contributed by atoms with Crippen LogP contribution in [-0.4, -0.2) is 27.1 Å². The minimum Gasteiger partial charge on any atom is -0.493 e. The average Bonchev–Trinajstić information content (AvgIpc) is 2.97. The second-order valence-electron chi connectivity index (χ2n) is 7.21. The van der Waals surface area contributed by atoms with E-state index in [1.807, 2.05) is 54.6 Å². The number of benzene rings is 3. The Morgan fingerprint density at radius 2 is 1.52 bits per heavy atom. The van der Waals surface area contributed by atoms with Crippen LogP contribution in [0, 0.1) is 0 Å². The van der Waals surface area contributed by atoms with E-state index in [4.69, 9.17) is 14.2 Å². The van der Waals surface area contributed by atoms with Gasteiger partial charge in [0.1, 0.15) is 0 Å². The van der Waals surface area contributed by atoms with Gasteiger partial charge in [-0.2, -0.15) is 0 Å². The van der Waals surface area contributed by atoms with E-state index in [-0.39, 0.29) is 11.0 Å². The number of hydrogen-bond acceptors (Lipinski definition) is 6. The number of carbonyl (C=O) groups excluding carboxylic acids is 1. The summed E-state index contributed by atoms with van der Waals surface area (Å²) in [5.41, 5.74) is 5.03. The number of para-hydroxylation sites is 1. The van der Waals surface area contributed by atoms with Gasteiger partial charge in [0.15, 0.2) is 17.3 Å². The molecule has 0 bridgehead atoms. The second-order valence-corrected chi connectivity index (χ2v) is 8.35. The van der Waals surface area contributed by atoms with Gasteiger partial charge in [-0.05, 0) is 24.3 Å². The van der Waals surface area contributed by atoms with E-state index in [9.17, 15) is 4.79 Å². The van der Waals surface area contributed by atoms with Gasteiger partial charge in [0, 0.05) is 27.2 Å². The van der Waals surface area contributed by atoms with Crippen LogP contribution in [0.25, 0.3) is 5.70 Å². The number of carbonyl (C=O) groups is 1. The highest BCUT2D eigenvalue weighted by atomic mass is 32.2. The van der Waals surface area contributed by atoms with Crippen LogP contribution < -0.4 is 19.5 Å². The number of hydrogen-bond donors (Lipinski definition) is 1. The molecule has 1 N–H and O–H groups in total. The molecule has 0 fully saturated rings. The predicted octanol–water partition coefficient (Wildman–Crippen LogP) is 5.58. The second kappa shape index (κ2) is 7.71. The number of thioether (sulfide) groups is 1. The molecule has 1 atom stereocenters. The number of methoxy groups -OCH3 is 3. The van der Waals surface area contributed by atoms with Crippen molar-refractivity contribution in [2.75, 3.05) is 26.6 Å². The van der Waals surface area contributed by atoms with Gasteiger partial charge in [0.05, 0.1) is 38.0 Å². The number of ketones is 1. The molecule has 0 aromatic heterocycles. The van der Waals surface area contributed by atoms with Crippen LogP contribution in [0.4, 0.5) is 5.69 Å². The van der Waals surface area contributed by atoms with Crippen LogP contribution in [0.2, 0.25) is 0 Å². The van der Waals surface area contributed by atoms with Gasteiger partial charge >= 0.3 is 0 Å². The molecule has 0 saturated heterocycles. The normalized spacial score (nSPS) is 16.6. The molecule has 0 radical (unpaired) electrons. The van der Waals surface area contributed by atoms with Gasteiger partial charge in [0.25, 0.3) is 0 Å². The first kappa shape index (κ1) is 19.6. The van der Waals surface area contributed by atoms with E-state index < -0.39 is 0 Å². The fourth-order valence-corrected chi connectivity index (χ4v) is 5.54. The highest BCUT2D eigenvalue weighted by Gasteiger charge is 2.39. The van der Waals surface area contributed by atoms with Gasteiger partial charge < -0.3 is 19.5 Å². The summed E-state index contributed by atoms with van der Waals surface area (Å²) >= 11 is 1.63. The molecule has 31 heavy (non-hydrogen) atoms. The largest absolute Gasteiger partial charge is 0.493 e. The minimum absolute atomic E-state index is 0.0280. The summed E-state index contributed by atoms with van der Waals surface area (Å²) in [5, 5.41) is 3.25. The van der Waals surface area contributed by atoms with Crippen molar-refractivity contribution in [3.63, 3.8) is 0 Å². The lowest BCUT2D eigenvalue weighted by Gasteiger charge is -2.22. The maximum atomic E-state index is 13.6. The van der Waals surface area contributed by atoms with E-state index in [1.165, 1.54) is 0 Å². The van der Waals surface area contributed by atoms with Crippen LogP contribution in [0.5, 0.6) is 17.2 Å². The Morgan fingerprint density at radius 1 is 0.806 bits per heavy atom. The van der Waals surface area contributed by atoms with Gasteiger partial charge in [0.2, 0.25) is 5.75 Å². The smallest absolute Gasteiger partial charge is 0.203 e. The van der Waals surface area contributed by atoms with Crippen molar-refractivity contribution in [3.8, 4) is 17.2 Å². The number of ether oxygens (including phenoxy) is 3. The van der Waals surface area contributed by atoms with Gasteiger partial charge in [-0.1, -0.05) is 36.4 Å². The molecule has 0 amide bonds. The Bertz CT molecular complexity index is 1230. The predicted molar refractivity (Wildman–Crippen MR) is 122 cm³/mol. The van der Waals surface area contributed by atoms with Crippen molar-refractivity contribution >= 4 is 28.9 Å². The molecule has 5 nitrogen and oxygen atoms in total. The molecular formula is C25H21NO4S. The quantitative estimate of drug-likeness (QED) is 0.582. The van der Waals surface area contributed by atoms with E-state index in [1.54, 1.807) is 33.1 Å². The van der Waals surface area contributed by atoms with Gasteiger partial charge in [-0.25, -0.2) is 0 Å². The molecule has 1 heterocycles. The fraction of sp³-hybridized carbons (Fsp3) is 0.160. The zero-order valence-electron chi connectivity index (χ0n) is 17.4. The third-order valence-electron chi connectivity index (χ3n) is 5.63. The average molecular weight is 432 g/mol. The van der Waals surface area contributed by atoms with Crippen molar-refractivity contribution in [2.45, 2.75) is 10.1 Å². The van der Waals surface area contributed by atoms with Crippen molar-refractivity contribution in [1.82, 2.24) is 0 Å². The number of anilines is 1. The molecule has 3 aromatic carbocycles. The zero-order chi connectivity index (χ0) is 21.5. The van der Waals surface area contributed by atoms with Crippen LogP contribution >= 0.6 is 11.8 Å². The topological polar surface area (TPSA) is 56.8 Å². The molecule has 0 unspecified atom stereocenters. The van der Waals surface area contributed by atoms with Gasteiger partial charge in [-0.3, -0.25) is 4.79 Å².